The fourth-order valence-electron chi connectivity index (χ4n) is 1.41. The van der Waals surface area contributed by atoms with Crippen LogP contribution >= 0.6 is 0 Å². The first-order valence-corrected chi connectivity index (χ1v) is 5.45. The lowest BCUT2D eigenvalue weighted by atomic mass is 10.2. The molecule has 1 unspecified atom stereocenters. The number of rotatable bonds is 4. The lowest BCUT2D eigenvalue weighted by molar-refractivity contribution is 0.115. The summed E-state index contributed by atoms with van der Waals surface area (Å²) in [5.74, 6) is 0. The summed E-state index contributed by atoms with van der Waals surface area (Å²) in [6.45, 7) is 3.93. The van der Waals surface area contributed by atoms with Gasteiger partial charge in [-0.15, -0.1) is 0 Å². The highest BCUT2D eigenvalue weighted by molar-refractivity contribution is 5.85. The predicted molar refractivity (Wildman–Crippen MR) is 65.3 cm³/mol. The first kappa shape index (κ1) is 12.4. The van der Waals surface area contributed by atoms with Crippen molar-refractivity contribution >= 4 is 17.5 Å². The van der Waals surface area contributed by atoms with Crippen molar-refractivity contribution in [3.63, 3.8) is 0 Å². The van der Waals surface area contributed by atoms with Gasteiger partial charge in [-0.1, -0.05) is 19.4 Å². The van der Waals surface area contributed by atoms with Crippen LogP contribution in [0.3, 0.4) is 0 Å². The fourth-order valence-corrected chi connectivity index (χ4v) is 1.41. The molecule has 0 saturated heterocycles. The van der Waals surface area contributed by atoms with E-state index in [0.29, 0.717) is 11.4 Å². The molecular weight excluding hydrogens is 204 g/mol. The molecule has 4 nitrogen and oxygen atoms in total. The van der Waals surface area contributed by atoms with E-state index in [-0.39, 0.29) is 6.10 Å². The Morgan fingerprint density at radius 1 is 1.56 bits per heavy atom. The lowest BCUT2D eigenvalue weighted by Crippen LogP contribution is -2.20. The van der Waals surface area contributed by atoms with E-state index in [4.69, 9.17) is 10.5 Å². The average Bonchev–Trinajstić information content (AvgIpc) is 2.17. The van der Waals surface area contributed by atoms with Crippen molar-refractivity contribution < 1.29 is 9.53 Å². The van der Waals surface area contributed by atoms with E-state index in [1.807, 2.05) is 6.92 Å². The van der Waals surface area contributed by atoms with E-state index >= 15 is 0 Å². The molecule has 1 amide bonds. The van der Waals surface area contributed by atoms with Gasteiger partial charge in [0.2, 0.25) is 0 Å². The number of carbonyl (C=O) groups is 1. The van der Waals surface area contributed by atoms with Crippen molar-refractivity contribution in [1.29, 1.82) is 0 Å². The number of amides is 1. The molecule has 3 N–H and O–H groups in total. The molecule has 16 heavy (non-hydrogen) atoms. The Labute approximate surface area is 95.8 Å². The van der Waals surface area contributed by atoms with Crippen LogP contribution in [-0.2, 0) is 4.74 Å². The smallest absolute Gasteiger partial charge is 0.411 e. The number of carbonyl (C=O) groups excluding carboxylic acids is 1. The van der Waals surface area contributed by atoms with E-state index in [1.165, 1.54) is 0 Å². The summed E-state index contributed by atoms with van der Waals surface area (Å²) < 4.78 is 5.14. The molecule has 88 valence electrons. The van der Waals surface area contributed by atoms with E-state index in [0.717, 1.165) is 12.8 Å². The molecule has 1 aromatic carbocycles. The molecule has 1 atom stereocenters. The van der Waals surface area contributed by atoms with E-state index in [1.54, 1.807) is 24.3 Å². The summed E-state index contributed by atoms with van der Waals surface area (Å²) in [6.07, 6.45) is 1.36. The zero-order valence-corrected chi connectivity index (χ0v) is 9.69. The van der Waals surface area contributed by atoms with E-state index in [2.05, 4.69) is 12.2 Å². The summed E-state index contributed by atoms with van der Waals surface area (Å²) in [7, 11) is 0. The maximum Gasteiger partial charge on any atom is 0.411 e. The van der Waals surface area contributed by atoms with Crippen molar-refractivity contribution in [3.05, 3.63) is 24.3 Å². The quantitative estimate of drug-likeness (QED) is 0.770. The number of ether oxygens (including phenoxy) is 1. The molecule has 0 aliphatic rings. The predicted octanol–water partition coefficient (Wildman–Crippen LogP) is 3.01. The highest BCUT2D eigenvalue weighted by Gasteiger charge is 2.08. The third-order valence-corrected chi connectivity index (χ3v) is 2.14. The Bertz CT molecular complexity index is 353. The van der Waals surface area contributed by atoms with Crippen molar-refractivity contribution in [2.75, 3.05) is 11.1 Å². The Morgan fingerprint density at radius 2 is 2.31 bits per heavy atom. The van der Waals surface area contributed by atoms with Gasteiger partial charge in [0, 0.05) is 11.4 Å². The van der Waals surface area contributed by atoms with E-state index < -0.39 is 6.09 Å². The maximum absolute atomic E-state index is 11.4. The second kappa shape index (κ2) is 6.00. The fraction of sp³-hybridized carbons (Fsp3) is 0.417. The number of hydrogen-bond acceptors (Lipinski definition) is 3. The molecule has 1 rings (SSSR count). The number of nitrogens with one attached hydrogen (secondary N) is 1. The van der Waals surface area contributed by atoms with Crippen molar-refractivity contribution in [2.45, 2.75) is 32.8 Å². The van der Waals surface area contributed by atoms with Crippen LogP contribution in [0, 0.1) is 0 Å². The second-order valence-electron chi connectivity index (χ2n) is 3.76. The standard InChI is InChI=1S/C12H18N2O2/c1-3-5-9(2)16-12(15)14-11-7-4-6-10(13)8-11/h4,6-9H,3,5,13H2,1-2H3,(H,14,15). The minimum Gasteiger partial charge on any atom is -0.446 e. The SMILES string of the molecule is CCCC(C)OC(=O)Nc1cccc(N)c1. The number of nitrogens with two attached hydrogens (primary N) is 1. The largest absolute Gasteiger partial charge is 0.446 e. The summed E-state index contributed by atoms with van der Waals surface area (Å²) >= 11 is 0. The molecule has 0 aliphatic heterocycles. The third-order valence-electron chi connectivity index (χ3n) is 2.14. The van der Waals surface area contributed by atoms with Gasteiger partial charge in [-0.25, -0.2) is 4.79 Å². The van der Waals surface area contributed by atoms with Gasteiger partial charge in [0.25, 0.3) is 0 Å². The Hall–Kier alpha value is -1.71. The zero-order valence-electron chi connectivity index (χ0n) is 9.69. The Morgan fingerprint density at radius 3 is 2.94 bits per heavy atom. The molecule has 0 fully saturated rings. The first-order chi connectivity index (χ1) is 7.61. The molecule has 4 heteroatoms. The van der Waals surface area contributed by atoms with E-state index in [9.17, 15) is 4.79 Å². The molecule has 0 bridgehead atoms. The average molecular weight is 222 g/mol. The highest BCUT2D eigenvalue weighted by Crippen LogP contribution is 2.12. The number of anilines is 2. The monoisotopic (exact) mass is 222 g/mol. The van der Waals surface area contributed by atoms with Crippen molar-refractivity contribution in [3.8, 4) is 0 Å². The topological polar surface area (TPSA) is 64.3 Å². The van der Waals surface area contributed by atoms with Crippen LogP contribution in [-0.4, -0.2) is 12.2 Å². The van der Waals surface area contributed by atoms with Gasteiger partial charge < -0.3 is 10.5 Å². The number of benzene rings is 1. The number of hydrogen-bond donors (Lipinski definition) is 2. The van der Waals surface area contributed by atoms with Gasteiger partial charge >= 0.3 is 6.09 Å². The van der Waals surface area contributed by atoms with Crippen LogP contribution < -0.4 is 11.1 Å². The highest BCUT2D eigenvalue weighted by atomic mass is 16.6. The van der Waals surface area contributed by atoms with Gasteiger partial charge in [-0.3, -0.25) is 5.32 Å². The maximum atomic E-state index is 11.4. The summed E-state index contributed by atoms with van der Waals surface area (Å²) in [5.41, 5.74) is 6.85. The van der Waals surface area contributed by atoms with Crippen LogP contribution in [0.5, 0.6) is 0 Å². The van der Waals surface area contributed by atoms with Gasteiger partial charge in [0.15, 0.2) is 0 Å². The van der Waals surface area contributed by atoms with Crippen LogP contribution in [0.1, 0.15) is 26.7 Å². The minimum absolute atomic E-state index is 0.0638. The molecule has 0 aromatic heterocycles. The van der Waals surface area contributed by atoms with Gasteiger partial charge in [-0.05, 0) is 31.5 Å². The first-order valence-electron chi connectivity index (χ1n) is 5.45. The summed E-state index contributed by atoms with van der Waals surface area (Å²) in [5, 5.41) is 2.63. The van der Waals surface area contributed by atoms with Crippen LogP contribution in [0.15, 0.2) is 24.3 Å². The molecule has 0 aliphatic carbocycles. The Balaban J connectivity index is 2.45. The zero-order chi connectivity index (χ0) is 12.0. The molecule has 0 spiro atoms. The molecule has 0 heterocycles. The van der Waals surface area contributed by atoms with Gasteiger partial charge in [0.1, 0.15) is 6.10 Å². The van der Waals surface area contributed by atoms with Crippen LogP contribution in [0.2, 0.25) is 0 Å². The third kappa shape index (κ3) is 4.21. The van der Waals surface area contributed by atoms with Crippen LogP contribution in [0.4, 0.5) is 16.2 Å². The number of nitrogen functional groups attached to an aromatic ring is 1. The van der Waals surface area contributed by atoms with Crippen molar-refractivity contribution in [2.24, 2.45) is 0 Å². The molecular formula is C12H18N2O2. The molecule has 0 saturated carbocycles. The molecule has 0 radical (unpaired) electrons. The second-order valence-corrected chi connectivity index (χ2v) is 3.76. The molecule has 1 aromatic rings. The lowest BCUT2D eigenvalue weighted by Gasteiger charge is -2.12. The normalized spacial score (nSPS) is 11.9. The van der Waals surface area contributed by atoms with Gasteiger partial charge in [-0.2, -0.15) is 0 Å². The summed E-state index contributed by atoms with van der Waals surface area (Å²) in [4.78, 5) is 11.4. The van der Waals surface area contributed by atoms with Crippen LogP contribution in [0.25, 0.3) is 0 Å². The van der Waals surface area contributed by atoms with Gasteiger partial charge in [0.05, 0.1) is 0 Å². The summed E-state index contributed by atoms with van der Waals surface area (Å²) in [6, 6.07) is 6.99. The Kier molecular flexibility index (Phi) is 4.64. The van der Waals surface area contributed by atoms with Crippen molar-refractivity contribution in [1.82, 2.24) is 0 Å². The minimum atomic E-state index is -0.438.